The van der Waals surface area contributed by atoms with E-state index in [0.29, 0.717) is 17.6 Å². The normalized spacial score (nSPS) is 28.9. The molecule has 0 saturated heterocycles. The molecule has 1 N–H and O–H groups in total. The molecular weight excluding hydrogens is 204 g/mol. The fraction of sp³-hybridized carbons (Fsp3) is 0.333. The van der Waals surface area contributed by atoms with Crippen LogP contribution in [0.3, 0.4) is 0 Å². The topological polar surface area (TPSA) is 54.6 Å². The Labute approximate surface area is 93.0 Å². The van der Waals surface area contributed by atoms with Gasteiger partial charge in [-0.15, -0.1) is 0 Å². The Balaban J connectivity index is 1.61. The Bertz CT molecular complexity index is 459. The van der Waals surface area contributed by atoms with Gasteiger partial charge >= 0.3 is 5.91 Å². The van der Waals surface area contributed by atoms with Gasteiger partial charge in [0.2, 0.25) is 0 Å². The van der Waals surface area contributed by atoms with Crippen molar-refractivity contribution in [1.29, 1.82) is 0 Å². The lowest BCUT2D eigenvalue weighted by Gasteiger charge is -2.31. The molecule has 16 heavy (non-hydrogen) atoms. The Hall–Kier alpha value is -1.84. The van der Waals surface area contributed by atoms with Crippen LogP contribution in [0.15, 0.2) is 40.1 Å². The summed E-state index contributed by atoms with van der Waals surface area (Å²) in [5, 5.41) is 4.15. The number of carbonyl (C=O) groups excluding carboxylic acids is 1. The van der Waals surface area contributed by atoms with Gasteiger partial charge in [-0.1, -0.05) is 12.2 Å². The SMILES string of the molecule is O=C(N/N=C1\C[C@@H]2C=CC[C@H]12)c1ccco1. The van der Waals surface area contributed by atoms with E-state index in [0.717, 1.165) is 18.6 Å². The lowest BCUT2D eigenvalue weighted by Crippen LogP contribution is -2.35. The van der Waals surface area contributed by atoms with Crippen LogP contribution in [0.5, 0.6) is 0 Å². The first-order valence-corrected chi connectivity index (χ1v) is 5.41. The second kappa shape index (κ2) is 3.63. The summed E-state index contributed by atoms with van der Waals surface area (Å²) in [6.45, 7) is 0. The van der Waals surface area contributed by atoms with Gasteiger partial charge in [0.15, 0.2) is 5.76 Å². The summed E-state index contributed by atoms with van der Waals surface area (Å²) >= 11 is 0. The van der Waals surface area contributed by atoms with Crippen molar-refractivity contribution in [2.24, 2.45) is 16.9 Å². The average Bonchev–Trinajstić information content (AvgIpc) is 2.88. The Morgan fingerprint density at radius 1 is 1.56 bits per heavy atom. The van der Waals surface area contributed by atoms with Crippen molar-refractivity contribution < 1.29 is 9.21 Å². The molecule has 4 nitrogen and oxygen atoms in total. The standard InChI is InChI=1S/C12H12N2O2/c15-12(11-5-2-6-16-11)14-13-10-7-8-3-1-4-9(8)10/h1-3,5-6,8-9H,4,7H2,(H,14,15)/b13-10+/t8-,9-/m0/s1. The van der Waals surface area contributed by atoms with Crippen LogP contribution < -0.4 is 5.43 Å². The summed E-state index contributed by atoms with van der Waals surface area (Å²) in [5.41, 5.74) is 3.62. The monoisotopic (exact) mass is 216 g/mol. The highest BCUT2D eigenvalue weighted by molar-refractivity contribution is 5.96. The quantitative estimate of drug-likeness (QED) is 0.607. The maximum atomic E-state index is 11.5. The van der Waals surface area contributed by atoms with Gasteiger partial charge in [0.1, 0.15) is 0 Å². The molecule has 1 saturated carbocycles. The smallest absolute Gasteiger partial charge is 0.307 e. The van der Waals surface area contributed by atoms with Gasteiger partial charge in [-0.2, -0.15) is 5.10 Å². The van der Waals surface area contributed by atoms with Crippen molar-refractivity contribution in [3.8, 4) is 0 Å². The molecule has 0 spiro atoms. The summed E-state index contributed by atoms with van der Waals surface area (Å²) in [5.74, 6) is 1.19. The fourth-order valence-corrected chi connectivity index (χ4v) is 2.25. The molecule has 0 bridgehead atoms. The van der Waals surface area contributed by atoms with E-state index in [2.05, 4.69) is 22.7 Å². The molecule has 82 valence electrons. The summed E-state index contributed by atoms with van der Waals surface area (Å²) in [6, 6.07) is 3.30. The molecule has 1 aromatic heterocycles. The molecule has 1 fully saturated rings. The number of hydrogen-bond acceptors (Lipinski definition) is 3. The third-order valence-electron chi connectivity index (χ3n) is 3.21. The second-order valence-electron chi connectivity index (χ2n) is 4.16. The van der Waals surface area contributed by atoms with Crippen molar-refractivity contribution in [3.63, 3.8) is 0 Å². The van der Waals surface area contributed by atoms with E-state index in [9.17, 15) is 4.79 Å². The van der Waals surface area contributed by atoms with Gasteiger partial charge < -0.3 is 4.42 Å². The maximum Gasteiger partial charge on any atom is 0.307 e. The predicted molar refractivity (Wildman–Crippen MR) is 59.0 cm³/mol. The van der Waals surface area contributed by atoms with E-state index in [1.165, 1.54) is 6.26 Å². The number of nitrogens with zero attached hydrogens (tertiary/aromatic N) is 1. The number of allylic oxidation sites excluding steroid dienone is 2. The van der Waals surface area contributed by atoms with Crippen LogP contribution in [0, 0.1) is 11.8 Å². The Morgan fingerprint density at radius 2 is 2.50 bits per heavy atom. The molecule has 3 rings (SSSR count). The van der Waals surface area contributed by atoms with Crippen molar-refractivity contribution in [2.75, 3.05) is 0 Å². The van der Waals surface area contributed by atoms with E-state index in [4.69, 9.17) is 4.42 Å². The van der Waals surface area contributed by atoms with Gasteiger partial charge in [-0.25, -0.2) is 5.43 Å². The average molecular weight is 216 g/mol. The molecule has 0 radical (unpaired) electrons. The molecular formula is C12H12N2O2. The van der Waals surface area contributed by atoms with Crippen molar-refractivity contribution in [1.82, 2.24) is 5.43 Å². The highest BCUT2D eigenvalue weighted by atomic mass is 16.3. The molecule has 1 amide bonds. The first kappa shape index (κ1) is 9.39. The molecule has 0 aliphatic heterocycles. The minimum atomic E-state index is -0.285. The minimum absolute atomic E-state index is 0.285. The van der Waals surface area contributed by atoms with E-state index in [-0.39, 0.29) is 5.91 Å². The number of rotatable bonds is 2. The highest BCUT2D eigenvalue weighted by Gasteiger charge is 2.38. The fourth-order valence-electron chi connectivity index (χ4n) is 2.25. The lowest BCUT2D eigenvalue weighted by molar-refractivity contribution is 0.0926. The highest BCUT2D eigenvalue weighted by Crippen LogP contribution is 2.39. The zero-order chi connectivity index (χ0) is 11.0. The number of carbonyl (C=O) groups is 1. The van der Waals surface area contributed by atoms with Crippen molar-refractivity contribution >= 4 is 11.6 Å². The number of nitrogens with one attached hydrogen (secondary N) is 1. The summed E-state index contributed by atoms with van der Waals surface area (Å²) < 4.78 is 4.97. The Morgan fingerprint density at radius 3 is 3.25 bits per heavy atom. The van der Waals surface area contributed by atoms with Gasteiger partial charge in [0, 0.05) is 11.6 Å². The van der Waals surface area contributed by atoms with Gasteiger partial charge in [-0.3, -0.25) is 4.79 Å². The van der Waals surface area contributed by atoms with Gasteiger partial charge in [0.25, 0.3) is 0 Å². The van der Waals surface area contributed by atoms with Crippen molar-refractivity contribution in [3.05, 3.63) is 36.3 Å². The summed E-state index contributed by atoms with van der Waals surface area (Å²) in [4.78, 5) is 11.5. The number of fused-ring (bicyclic) bond motifs is 1. The van der Waals surface area contributed by atoms with Crippen LogP contribution in [-0.4, -0.2) is 11.6 Å². The number of amides is 1. The number of hydrazone groups is 1. The zero-order valence-electron chi connectivity index (χ0n) is 8.72. The first-order chi connectivity index (χ1) is 7.84. The molecule has 2 aliphatic carbocycles. The third-order valence-corrected chi connectivity index (χ3v) is 3.21. The zero-order valence-corrected chi connectivity index (χ0v) is 8.72. The van der Waals surface area contributed by atoms with Crippen LogP contribution in [0.1, 0.15) is 23.4 Å². The van der Waals surface area contributed by atoms with Crippen LogP contribution in [0.25, 0.3) is 0 Å². The second-order valence-corrected chi connectivity index (χ2v) is 4.16. The largest absolute Gasteiger partial charge is 0.459 e. The maximum absolute atomic E-state index is 11.5. The van der Waals surface area contributed by atoms with Crippen LogP contribution in [0.4, 0.5) is 0 Å². The molecule has 2 aliphatic rings. The lowest BCUT2D eigenvalue weighted by atomic mass is 9.74. The van der Waals surface area contributed by atoms with E-state index >= 15 is 0 Å². The summed E-state index contributed by atoms with van der Waals surface area (Å²) in [7, 11) is 0. The third kappa shape index (κ3) is 1.46. The van der Waals surface area contributed by atoms with Gasteiger partial charge in [0.05, 0.1) is 6.26 Å². The minimum Gasteiger partial charge on any atom is -0.459 e. The first-order valence-electron chi connectivity index (χ1n) is 5.41. The predicted octanol–water partition coefficient (Wildman–Crippen LogP) is 1.96. The van der Waals surface area contributed by atoms with Crippen LogP contribution in [0.2, 0.25) is 0 Å². The van der Waals surface area contributed by atoms with E-state index in [1.54, 1.807) is 12.1 Å². The van der Waals surface area contributed by atoms with Gasteiger partial charge in [-0.05, 0) is 30.9 Å². The van der Waals surface area contributed by atoms with E-state index < -0.39 is 0 Å². The molecule has 4 heteroatoms. The van der Waals surface area contributed by atoms with Crippen molar-refractivity contribution in [2.45, 2.75) is 12.8 Å². The molecule has 2 atom stereocenters. The number of hydrogen-bond donors (Lipinski definition) is 1. The Kier molecular flexibility index (Phi) is 2.13. The summed E-state index contributed by atoms with van der Waals surface area (Å²) in [6.07, 6.45) is 7.92. The molecule has 1 heterocycles. The molecule has 0 unspecified atom stereocenters. The van der Waals surface area contributed by atoms with Crippen LogP contribution >= 0.6 is 0 Å². The van der Waals surface area contributed by atoms with Crippen LogP contribution in [-0.2, 0) is 0 Å². The number of furan rings is 1. The molecule has 1 aromatic rings. The molecule has 0 aromatic carbocycles. The van der Waals surface area contributed by atoms with E-state index in [1.807, 2.05) is 0 Å².